The summed E-state index contributed by atoms with van der Waals surface area (Å²) < 4.78 is 28.2. The normalized spacial score (nSPS) is 21.7. The fourth-order valence-electron chi connectivity index (χ4n) is 2.82. The molecule has 1 saturated heterocycles. The molecule has 1 fully saturated rings. The number of pyridine rings is 1. The lowest BCUT2D eigenvalue weighted by molar-refractivity contribution is 0.189. The highest BCUT2D eigenvalue weighted by Crippen LogP contribution is 2.30. The van der Waals surface area contributed by atoms with Crippen molar-refractivity contribution in [1.82, 2.24) is 24.2 Å². The van der Waals surface area contributed by atoms with Crippen molar-refractivity contribution in [3.05, 3.63) is 42.6 Å². The van der Waals surface area contributed by atoms with Crippen LogP contribution in [0.4, 0.5) is 4.79 Å². The first-order valence-electron chi connectivity index (χ1n) is 7.26. The first-order chi connectivity index (χ1) is 11.4. The van der Waals surface area contributed by atoms with Gasteiger partial charge >= 0.3 is 6.09 Å². The van der Waals surface area contributed by atoms with E-state index in [0.717, 1.165) is 0 Å². The van der Waals surface area contributed by atoms with E-state index in [0.29, 0.717) is 5.69 Å². The molecule has 0 aliphatic carbocycles. The Kier molecular flexibility index (Phi) is 4.24. The van der Waals surface area contributed by atoms with Crippen LogP contribution < -0.4 is 5.32 Å². The summed E-state index contributed by atoms with van der Waals surface area (Å²) in [5, 5.41) is 11.4. The molecule has 1 aliphatic heterocycles. The van der Waals surface area contributed by atoms with Crippen molar-refractivity contribution in [3.63, 3.8) is 0 Å². The Morgan fingerprint density at radius 3 is 2.71 bits per heavy atom. The second-order valence-corrected chi connectivity index (χ2v) is 7.50. The SMILES string of the molecule is Cn1cnc(S(=O)(=O)N2CC(NC(=O)O)C(c3ccccn3)C2)c1. The average Bonchev–Trinajstić information content (AvgIpc) is 3.15. The number of rotatable bonds is 4. The Labute approximate surface area is 139 Å². The highest BCUT2D eigenvalue weighted by molar-refractivity contribution is 7.89. The molecule has 0 saturated carbocycles. The summed E-state index contributed by atoms with van der Waals surface area (Å²) >= 11 is 0. The molecule has 2 N–H and O–H groups in total. The molecular formula is C14H17N5O4S. The van der Waals surface area contributed by atoms with E-state index in [9.17, 15) is 13.2 Å². The predicted molar refractivity (Wildman–Crippen MR) is 83.9 cm³/mol. The van der Waals surface area contributed by atoms with Crippen molar-refractivity contribution in [3.8, 4) is 0 Å². The van der Waals surface area contributed by atoms with Crippen LogP contribution in [-0.2, 0) is 17.1 Å². The van der Waals surface area contributed by atoms with Crippen LogP contribution in [0.1, 0.15) is 11.6 Å². The number of aromatic nitrogens is 3. The van der Waals surface area contributed by atoms with Gasteiger partial charge in [-0.3, -0.25) is 4.98 Å². The van der Waals surface area contributed by atoms with Gasteiger partial charge in [-0.1, -0.05) is 6.07 Å². The van der Waals surface area contributed by atoms with Crippen molar-refractivity contribution in [1.29, 1.82) is 0 Å². The van der Waals surface area contributed by atoms with Crippen molar-refractivity contribution in [2.24, 2.45) is 7.05 Å². The van der Waals surface area contributed by atoms with Gasteiger partial charge in [-0.2, -0.15) is 4.31 Å². The number of amides is 1. The number of hydrogen-bond donors (Lipinski definition) is 2. The van der Waals surface area contributed by atoms with Crippen LogP contribution in [0.3, 0.4) is 0 Å². The van der Waals surface area contributed by atoms with E-state index in [2.05, 4.69) is 15.3 Å². The van der Waals surface area contributed by atoms with Crippen LogP contribution in [0.25, 0.3) is 0 Å². The highest BCUT2D eigenvalue weighted by atomic mass is 32.2. The van der Waals surface area contributed by atoms with E-state index >= 15 is 0 Å². The van der Waals surface area contributed by atoms with Gasteiger partial charge in [-0.25, -0.2) is 18.2 Å². The molecule has 2 aromatic heterocycles. The molecule has 0 spiro atoms. The standard InChI is InChI=1S/C14H17N5O4S/c1-18-8-13(16-9-18)24(22,23)19-6-10(11-4-2-3-5-15-11)12(7-19)17-14(20)21/h2-5,8-10,12,17H,6-7H2,1H3,(H,20,21). The smallest absolute Gasteiger partial charge is 0.404 e. The van der Waals surface area contributed by atoms with Gasteiger partial charge in [0.05, 0.1) is 12.4 Å². The van der Waals surface area contributed by atoms with Crippen molar-refractivity contribution in [2.45, 2.75) is 17.0 Å². The fraction of sp³-hybridized carbons (Fsp3) is 0.357. The lowest BCUT2D eigenvalue weighted by Crippen LogP contribution is -2.39. The number of sulfonamides is 1. The number of hydrogen-bond acceptors (Lipinski definition) is 5. The van der Waals surface area contributed by atoms with E-state index in [1.165, 1.54) is 16.8 Å². The molecule has 3 heterocycles. The molecule has 1 amide bonds. The zero-order chi connectivity index (χ0) is 17.3. The van der Waals surface area contributed by atoms with E-state index < -0.39 is 22.2 Å². The van der Waals surface area contributed by atoms with Gasteiger partial charge in [-0.05, 0) is 12.1 Å². The van der Waals surface area contributed by atoms with Gasteiger partial charge in [0.25, 0.3) is 10.0 Å². The lowest BCUT2D eigenvalue weighted by Gasteiger charge is -2.17. The molecule has 3 rings (SSSR count). The second kappa shape index (κ2) is 6.21. The molecule has 2 aromatic rings. The van der Waals surface area contributed by atoms with E-state index in [4.69, 9.17) is 5.11 Å². The van der Waals surface area contributed by atoms with E-state index in [1.807, 2.05) is 0 Å². The summed E-state index contributed by atoms with van der Waals surface area (Å²) in [6, 6.07) is 4.73. The van der Waals surface area contributed by atoms with Crippen molar-refractivity contribution >= 4 is 16.1 Å². The van der Waals surface area contributed by atoms with Crippen LogP contribution >= 0.6 is 0 Å². The van der Waals surface area contributed by atoms with Gasteiger partial charge in [-0.15, -0.1) is 0 Å². The van der Waals surface area contributed by atoms with Gasteiger partial charge < -0.3 is 15.0 Å². The summed E-state index contributed by atoms with van der Waals surface area (Å²) in [7, 11) is -2.10. The van der Waals surface area contributed by atoms with Crippen LogP contribution in [0.15, 0.2) is 41.9 Å². The molecule has 9 nitrogen and oxygen atoms in total. The molecule has 0 radical (unpaired) electrons. The number of carboxylic acid groups (broad SMARTS) is 1. The zero-order valence-electron chi connectivity index (χ0n) is 12.9. The average molecular weight is 351 g/mol. The number of imidazole rings is 1. The molecular weight excluding hydrogens is 334 g/mol. The van der Waals surface area contributed by atoms with Gasteiger partial charge in [0.2, 0.25) is 0 Å². The molecule has 10 heteroatoms. The number of carbonyl (C=O) groups is 1. The minimum Gasteiger partial charge on any atom is -0.465 e. The summed E-state index contributed by atoms with van der Waals surface area (Å²) in [5.74, 6) is -0.360. The summed E-state index contributed by atoms with van der Waals surface area (Å²) in [6.07, 6.45) is 3.23. The monoisotopic (exact) mass is 351 g/mol. The molecule has 2 unspecified atom stereocenters. The molecule has 0 bridgehead atoms. The Hall–Kier alpha value is -2.46. The molecule has 0 aromatic carbocycles. The van der Waals surface area contributed by atoms with Crippen LogP contribution in [0.2, 0.25) is 0 Å². The molecule has 128 valence electrons. The Morgan fingerprint density at radius 2 is 2.12 bits per heavy atom. The maximum absolute atomic E-state index is 12.7. The first kappa shape index (κ1) is 16.4. The van der Waals surface area contributed by atoms with Crippen LogP contribution in [-0.4, -0.2) is 57.6 Å². The van der Waals surface area contributed by atoms with Gasteiger partial charge in [0, 0.05) is 44.1 Å². The van der Waals surface area contributed by atoms with Crippen molar-refractivity contribution < 1.29 is 18.3 Å². The Morgan fingerprint density at radius 1 is 1.33 bits per heavy atom. The third-order valence-electron chi connectivity index (χ3n) is 3.95. The summed E-state index contributed by atoms with van der Waals surface area (Å²) in [6.45, 7) is 0.174. The third kappa shape index (κ3) is 3.10. The fourth-order valence-corrected chi connectivity index (χ4v) is 4.28. The largest absolute Gasteiger partial charge is 0.465 e. The zero-order valence-corrected chi connectivity index (χ0v) is 13.7. The van der Waals surface area contributed by atoms with E-state index in [1.54, 1.807) is 36.0 Å². The molecule has 2 atom stereocenters. The van der Waals surface area contributed by atoms with Crippen LogP contribution in [0, 0.1) is 0 Å². The minimum absolute atomic E-state index is 0.0342. The van der Waals surface area contributed by atoms with Gasteiger partial charge in [0.15, 0.2) is 5.03 Å². The van der Waals surface area contributed by atoms with E-state index in [-0.39, 0.29) is 24.0 Å². The number of nitrogens with one attached hydrogen (secondary N) is 1. The Bertz CT molecular complexity index is 836. The minimum atomic E-state index is -3.79. The molecule has 1 aliphatic rings. The highest BCUT2D eigenvalue weighted by Gasteiger charge is 2.42. The van der Waals surface area contributed by atoms with Crippen LogP contribution in [0.5, 0.6) is 0 Å². The quantitative estimate of drug-likeness (QED) is 0.815. The summed E-state index contributed by atoms with van der Waals surface area (Å²) in [4.78, 5) is 19.2. The molecule has 24 heavy (non-hydrogen) atoms. The number of nitrogens with zero attached hydrogens (tertiary/aromatic N) is 4. The summed E-state index contributed by atoms with van der Waals surface area (Å²) in [5.41, 5.74) is 0.648. The number of aryl methyl sites for hydroxylation is 1. The predicted octanol–water partition coefficient (Wildman–Crippen LogP) is 0.239. The topological polar surface area (TPSA) is 117 Å². The van der Waals surface area contributed by atoms with Gasteiger partial charge in [0.1, 0.15) is 0 Å². The maximum Gasteiger partial charge on any atom is 0.404 e. The second-order valence-electron chi connectivity index (χ2n) is 5.62. The first-order valence-corrected chi connectivity index (χ1v) is 8.70. The third-order valence-corrected chi connectivity index (χ3v) is 5.67. The lowest BCUT2D eigenvalue weighted by atomic mass is 9.99. The van der Waals surface area contributed by atoms with Crippen molar-refractivity contribution in [2.75, 3.05) is 13.1 Å². The maximum atomic E-state index is 12.7. The Balaban J connectivity index is 1.90.